The molecule has 2 aromatic rings. The summed E-state index contributed by atoms with van der Waals surface area (Å²) in [7, 11) is 0. The van der Waals surface area contributed by atoms with Crippen LogP contribution < -0.4 is 4.74 Å². The van der Waals surface area contributed by atoms with Gasteiger partial charge in [-0.2, -0.15) is 0 Å². The van der Waals surface area contributed by atoms with Crippen LogP contribution in [0.4, 0.5) is 4.39 Å². The van der Waals surface area contributed by atoms with Gasteiger partial charge in [0.25, 0.3) is 0 Å². The number of nitrogens with zero attached hydrogens (tertiary/aromatic N) is 1. The molecule has 4 nitrogen and oxygen atoms in total. The third kappa shape index (κ3) is 2.63. The van der Waals surface area contributed by atoms with Crippen molar-refractivity contribution >= 4 is 6.29 Å². The molecule has 1 N–H and O–H groups in total. The van der Waals surface area contributed by atoms with Gasteiger partial charge >= 0.3 is 0 Å². The van der Waals surface area contributed by atoms with Crippen LogP contribution in [0.3, 0.4) is 0 Å². The lowest BCUT2D eigenvalue weighted by atomic mass is 10.2. The van der Waals surface area contributed by atoms with Gasteiger partial charge in [0, 0.05) is 11.8 Å². The van der Waals surface area contributed by atoms with Crippen LogP contribution in [0.15, 0.2) is 36.7 Å². The second-order valence-corrected chi connectivity index (χ2v) is 3.61. The molecule has 0 atom stereocenters. The normalized spacial score (nSPS) is 10.1. The molecule has 0 aliphatic carbocycles. The van der Waals surface area contributed by atoms with Crippen molar-refractivity contribution in [3.8, 4) is 11.5 Å². The van der Waals surface area contributed by atoms with Gasteiger partial charge in [0.2, 0.25) is 0 Å². The van der Waals surface area contributed by atoms with Crippen molar-refractivity contribution in [3.63, 3.8) is 0 Å². The molecule has 2 rings (SSSR count). The van der Waals surface area contributed by atoms with E-state index in [1.165, 1.54) is 18.3 Å². The van der Waals surface area contributed by atoms with E-state index < -0.39 is 5.82 Å². The molecule has 0 saturated heterocycles. The number of phenols is 1. The SMILES string of the molecule is O=Cc1c(O)cccc1OCc1cncc(F)c1. The molecule has 0 unspecified atom stereocenters. The summed E-state index contributed by atoms with van der Waals surface area (Å²) in [5, 5.41) is 9.45. The molecule has 0 spiro atoms. The minimum Gasteiger partial charge on any atom is -0.507 e. The lowest BCUT2D eigenvalue weighted by Gasteiger charge is -2.09. The average Bonchev–Trinajstić information content (AvgIpc) is 2.36. The highest BCUT2D eigenvalue weighted by Gasteiger charge is 2.08. The molecule has 0 saturated carbocycles. The Bertz CT molecular complexity index is 572. The molecule has 0 amide bonds. The summed E-state index contributed by atoms with van der Waals surface area (Å²) in [6, 6.07) is 5.79. The van der Waals surface area contributed by atoms with Gasteiger partial charge in [-0.25, -0.2) is 4.39 Å². The number of carbonyl (C=O) groups excluding carboxylic acids is 1. The number of halogens is 1. The third-order valence-electron chi connectivity index (χ3n) is 2.32. The van der Waals surface area contributed by atoms with Gasteiger partial charge in [-0.1, -0.05) is 6.07 Å². The third-order valence-corrected chi connectivity index (χ3v) is 2.32. The number of rotatable bonds is 4. The van der Waals surface area contributed by atoms with Gasteiger partial charge in [0.1, 0.15) is 23.9 Å². The van der Waals surface area contributed by atoms with Gasteiger partial charge in [0.15, 0.2) is 6.29 Å². The first-order valence-corrected chi connectivity index (χ1v) is 5.20. The molecule has 1 heterocycles. The Hall–Kier alpha value is -2.43. The molecule has 0 aliphatic heterocycles. The van der Waals surface area contributed by atoms with Crippen LogP contribution in [-0.2, 0) is 6.61 Å². The molecule has 0 aliphatic rings. The van der Waals surface area contributed by atoms with Crippen LogP contribution in [0.25, 0.3) is 0 Å². The highest BCUT2D eigenvalue weighted by molar-refractivity contribution is 5.83. The number of hydrogen-bond donors (Lipinski definition) is 1. The molecule has 92 valence electrons. The van der Waals surface area contributed by atoms with E-state index in [2.05, 4.69) is 4.98 Å². The first kappa shape index (κ1) is 12.0. The number of aromatic hydroxyl groups is 1. The van der Waals surface area contributed by atoms with Crippen LogP contribution in [0.2, 0.25) is 0 Å². The number of phenolic OH excluding ortho intramolecular Hbond substituents is 1. The molecule has 5 heteroatoms. The first-order valence-electron chi connectivity index (χ1n) is 5.20. The highest BCUT2D eigenvalue weighted by Crippen LogP contribution is 2.26. The van der Waals surface area contributed by atoms with Crippen molar-refractivity contribution in [2.24, 2.45) is 0 Å². The summed E-state index contributed by atoms with van der Waals surface area (Å²) >= 11 is 0. The van der Waals surface area contributed by atoms with E-state index in [4.69, 9.17) is 4.74 Å². The van der Waals surface area contributed by atoms with E-state index in [1.54, 1.807) is 12.1 Å². The number of aromatic nitrogens is 1. The zero-order valence-electron chi connectivity index (χ0n) is 9.34. The maximum Gasteiger partial charge on any atom is 0.157 e. The monoisotopic (exact) mass is 247 g/mol. The topological polar surface area (TPSA) is 59.4 Å². The lowest BCUT2D eigenvalue weighted by molar-refractivity contribution is 0.111. The number of benzene rings is 1. The minimum atomic E-state index is -0.456. The summed E-state index contributed by atoms with van der Waals surface area (Å²) in [5.74, 6) is -0.364. The Morgan fingerprint density at radius 1 is 1.39 bits per heavy atom. The number of pyridine rings is 1. The summed E-state index contributed by atoms with van der Waals surface area (Å²) in [4.78, 5) is 14.5. The number of aldehydes is 1. The van der Waals surface area contributed by atoms with Gasteiger partial charge in [-0.05, 0) is 18.2 Å². The van der Waals surface area contributed by atoms with Crippen LogP contribution in [-0.4, -0.2) is 16.4 Å². The van der Waals surface area contributed by atoms with Crippen molar-refractivity contribution in [1.29, 1.82) is 0 Å². The summed E-state index contributed by atoms with van der Waals surface area (Å²) in [6.07, 6.45) is 3.07. The Morgan fingerprint density at radius 2 is 2.22 bits per heavy atom. The largest absolute Gasteiger partial charge is 0.507 e. The van der Waals surface area contributed by atoms with E-state index in [1.807, 2.05) is 0 Å². The van der Waals surface area contributed by atoms with E-state index in [-0.39, 0.29) is 23.7 Å². The minimum absolute atomic E-state index is 0.0645. The van der Waals surface area contributed by atoms with E-state index >= 15 is 0 Å². The highest BCUT2D eigenvalue weighted by atomic mass is 19.1. The van der Waals surface area contributed by atoms with Gasteiger partial charge in [-0.15, -0.1) is 0 Å². The van der Waals surface area contributed by atoms with E-state index in [9.17, 15) is 14.3 Å². The molecule has 0 bridgehead atoms. The smallest absolute Gasteiger partial charge is 0.157 e. The maximum atomic E-state index is 12.9. The quantitative estimate of drug-likeness (QED) is 0.842. The van der Waals surface area contributed by atoms with Gasteiger partial charge in [0.05, 0.1) is 11.8 Å². The zero-order valence-corrected chi connectivity index (χ0v) is 9.34. The first-order chi connectivity index (χ1) is 8.70. The number of hydrogen-bond acceptors (Lipinski definition) is 4. The van der Waals surface area contributed by atoms with Crippen molar-refractivity contribution in [2.75, 3.05) is 0 Å². The Labute approximate surface area is 103 Å². The summed E-state index contributed by atoms with van der Waals surface area (Å²) < 4.78 is 18.2. The van der Waals surface area contributed by atoms with Gasteiger partial charge < -0.3 is 9.84 Å². The fraction of sp³-hybridized carbons (Fsp3) is 0.0769. The number of ether oxygens (including phenoxy) is 1. The van der Waals surface area contributed by atoms with Crippen LogP contribution in [0, 0.1) is 5.82 Å². The molecule has 0 radical (unpaired) electrons. The van der Waals surface area contributed by atoms with Crippen molar-refractivity contribution < 1.29 is 19.0 Å². The second kappa shape index (κ2) is 5.27. The van der Waals surface area contributed by atoms with Crippen LogP contribution >= 0.6 is 0 Å². The fourth-order valence-electron chi connectivity index (χ4n) is 1.47. The van der Waals surface area contributed by atoms with Crippen molar-refractivity contribution in [1.82, 2.24) is 4.98 Å². The summed E-state index contributed by atoms with van der Waals surface area (Å²) in [6.45, 7) is 0.0645. The molecular formula is C13H10FNO3. The molecular weight excluding hydrogens is 237 g/mol. The second-order valence-electron chi connectivity index (χ2n) is 3.61. The fourth-order valence-corrected chi connectivity index (χ4v) is 1.47. The summed E-state index contributed by atoms with van der Waals surface area (Å²) in [5.41, 5.74) is 0.608. The van der Waals surface area contributed by atoms with Crippen molar-refractivity contribution in [2.45, 2.75) is 6.61 Å². The molecule has 1 aromatic carbocycles. The zero-order chi connectivity index (χ0) is 13.0. The molecule has 1 aromatic heterocycles. The Balaban J connectivity index is 2.15. The van der Waals surface area contributed by atoms with E-state index in [0.717, 1.165) is 6.20 Å². The average molecular weight is 247 g/mol. The van der Waals surface area contributed by atoms with Crippen LogP contribution in [0.5, 0.6) is 11.5 Å². The maximum absolute atomic E-state index is 12.9. The van der Waals surface area contributed by atoms with Crippen molar-refractivity contribution in [3.05, 3.63) is 53.6 Å². The number of carbonyl (C=O) groups is 1. The van der Waals surface area contributed by atoms with Crippen LogP contribution in [0.1, 0.15) is 15.9 Å². The lowest BCUT2D eigenvalue weighted by Crippen LogP contribution is -1.99. The Morgan fingerprint density at radius 3 is 2.94 bits per heavy atom. The Kier molecular flexibility index (Phi) is 3.52. The molecule has 0 fully saturated rings. The molecule has 18 heavy (non-hydrogen) atoms. The predicted molar refractivity (Wildman–Crippen MR) is 62.0 cm³/mol. The standard InChI is InChI=1S/C13H10FNO3/c14-10-4-9(5-15-6-10)8-18-13-3-1-2-12(17)11(13)7-16/h1-7,17H,8H2. The van der Waals surface area contributed by atoms with E-state index in [0.29, 0.717) is 11.8 Å². The predicted octanol–water partition coefficient (Wildman–Crippen LogP) is 2.32. The van der Waals surface area contributed by atoms with Gasteiger partial charge in [-0.3, -0.25) is 9.78 Å².